The number of phenols is 1. The molecule has 1 aromatic carbocycles. The fraction of sp³-hybridized carbons (Fsp3) is 0.571. The highest BCUT2D eigenvalue weighted by Crippen LogP contribution is 2.20. The molecule has 1 rings (SSSR count). The van der Waals surface area contributed by atoms with Crippen molar-refractivity contribution in [3.05, 3.63) is 29.3 Å². The first-order valence-corrected chi connectivity index (χ1v) is 6.02. The number of aryl methyl sites for hydroxylation is 2. The molecule has 0 aromatic heterocycles. The Morgan fingerprint density at radius 3 is 2.47 bits per heavy atom. The van der Waals surface area contributed by atoms with Crippen LogP contribution in [0.2, 0.25) is 0 Å². The largest absolute Gasteiger partial charge is 0.508 e. The predicted molar refractivity (Wildman–Crippen MR) is 65.3 cm³/mol. The summed E-state index contributed by atoms with van der Waals surface area (Å²) in [6.07, 6.45) is 7.42. The van der Waals surface area contributed by atoms with E-state index in [-0.39, 0.29) is 0 Å². The normalized spacial score (nSPS) is 10.5. The maximum absolute atomic E-state index is 9.69. The minimum Gasteiger partial charge on any atom is -0.508 e. The van der Waals surface area contributed by atoms with Gasteiger partial charge in [0.05, 0.1) is 0 Å². The Labute approximate surface area is 93.1 Å². The molecule has 15 heavy (non-hydrogen) atoms. The van der Waals surface area contributed by atoms with Gasteiger partial charge in [0.15, 0.2) is 0 Å². The van der Waals surface area contributed by atoms with Gasteiger partial charge in [0, 0.05) is 0 Å². The smallest absolute Gasteiger partial charge is 0.119 e. The van der Waals surface area contributed by atoms with Crippen molar-refractivity contribution in [2.24, 2.45) is 0 Å². The third-order valence-corrected chi connectivity index (χ3v) is 2.79. The zero-order valence-electron chi connectivity index (χ0n) is 9.92. The average Bonchev–Trinajstić information content (AvgIpc) is 2.20. The Morgan fingerprint density at radius 2 is 1.80 bits per heavy atom. The Balaban J connectivity index is 2.31. The van der Waals surface area contributed by atoms with Crippen LogP contribution >= 0.6 is 0 Å². The minimum atomic E-state index is 0.463. The molecule has 1 heteroatoms. The summed E-state index contributed by atoms with van der Waals surface area (Å²) in [7, 11) is 0. The van der Waals surface area contributed by atoms with E-state index in [4.69, 9.17) is 0 Å². The molecule has 0 aliphatic heterocycles. The highest BCUT2D eigenvalue weighted by Gasteiger charge is 2.00. The van der Waals surface area contributed by atoms with Crippen molar-refractivity contribution in [1.82, 2.24) is 0 Å². The fourth-order valence-electron chi connectivity index (χ4n) is 1.80. The molecule has 0 amide bonds. The molecule has 0 saturated carbocycles. The second-order valence-electron chi connectivity index (χ2n) is 4.30. The van der Waals surface area contributed by atoms with E-state index in [0.717, 1.165) is 17.5 Å². The quantitative estimate of drug-likeness (QED) is 0.691. The van der Waals surface area contributed by atoms with Gasteiger partial charge in [0.2, 0.25) is 0 Å². The molecule has 0 aliphatic rings. The minimum absolute atomic E-state index is 0.463. The number of phenolic OH excluding ortho intramolecular Hbond substituents is 1. The van der Waals surface area contributed by atoms with Crippen LogP contribution in [-0.4, -0.2) is 5.11 Å². The van der Waals surface area contributed by atoms with Gasteiger partial charge in [-0.1, -0.05) is 44.7 Å². The third-order valence-electron chi connectivity index (χ3n) is 2.79. The molecule has 0 aliphatic carbocycles. The van der Waals surface area contributed by atoms with Gasteiger partial charge in [-0.05, 0) is 37.0 Å². The van der Waals surface area contributed by atoms with Crippen LogP contribution in [0, 0.1) is 6.92 Å². The molecule has 0 spiro atoms. The summed E-state index contributed by atoms with van der Waals surface area (Å²) in [4.78, 5) is 0. The average molecular weight is 206 g/mol. The van der Waals surface area contributed by atoms with Crippen molar-refractivity contribution in [3.8, 4) is 5.75 Å². The predicted octanol–water partition coefficient (Wildman–Crippen LogP) is 4.21. The second kappa shape index (κ2) is 6.49. The summed E-state index contributed by atoms with van der Waals surface area (Å²) in [5, 5.41) is 9.69. The molecular weight excluding hydrogens is 184 g/mol. The van der Waals surface area contributed by atoms with Crippen molar-refractivity contribution in [2.75, 3.05) is 0 Å². The molecule has 0 bridgehead atoms. The van der Waals surface area contributed by atoms with Crippen molar-refractivity contribution in [2.45, 2.75) is 52.4 Å². The molecule has 84 valence electrons. The molecule has 1 aromatic rings. The Kier molecular flexibility index (Phi) is 5.23. The molecular formula is C14H22O. The lowest BCUT2D eigenvalue weighted by molar-refractivity contribution is 0.465. The Morgan fingerprint density at radius 1 is 1.07 bits per heavy atom. The van der Waals surface area contributed by atoms with Gasteiger partial charge in [-0.3, -0.25) is 0 Å². The number of hydrogen-bond donors (Lipinski definition) is 1. The lowest BCUT2D eigenvalue weighted by Gasteiger charge is -2.05. The van der Waals surface area contributed by atoms with Crippen LogP contribution in [0.3, 0.4) is 0 Å². The monoisotopic (exact) mass is 206 g/mol. The number of benzene rings is 1. The molecule has 0 fully saturated rings. The third kappa shape index (κ3) is 4.37. The van der Waals surface area contributed by atoms with Crippen LogP contribution in [0.15, 0.2) is 18.2 Å². The van der Waals surface area contributed by atoms with E-state index in [9.17, 15) is 5.11 Å². The fourth-order valence-corrected chi connectivity index (χ4v) is 1.80. The van der Waals surface area contributed by atoms with Crippen LogP contribution in [0.5, 0.6) is 5.75 Å². The van der Waals surface area contributed by atoms with Gasteiger partial charge in [0.1, 0.15) is 5.75 Å². The van der Waals surface area contributed by atoms with E-state index in [1.165, 1.54) is 32.1 Å². The van der Waals surface area contributed by atoms with E-state index in [1.807, 2.05) is 19.1 Å². The summed E-state index contributed by atoms with van der Waals surface area (Å²) in [5.74, 6) is 0.463. The van der Waals surface area contributed by atoms with Gasteiger partial charge in [0.25, 0.3) is 0 Å². The van der Waals surface area contributed by atoms with Crippen molar-refractivity contribution >= 4 is 0 Å². The standard InChI is InChI=1S/C14H22O/c1-3-4-5-6-7-8-13-10-9-12(2)11-14(13)15/h9-11,15H,3-8H2,1-2H3. The maximum atomic E-state index is 9.69. The summed E-state index contributed by atoms with van der Waals surface area (Å²) in [6, 6.07) is 5.97. The van der Waals surface area contributed by atoms with E-state index in [2.05, 4.69) is 13.0 Å². The zero-order valence-corrected chi connectivity index (χ0v) is 9.92. The first-order valence-electron chi connectivity index (χ1n) is 6.02. The van der Waals surface area contributed by atoms with E-state index < -0.39 is 0 Å². The van der Waals surface area contributed by atoms with E-state index in [1.54, 1.807) is 0 Å². The van der Waals surface area contributed by atoms with Gasteiger partial charge >= 0.3 is 0 Å². The number of aromatic hydroxyl groups is 1. The lowest BCUT2D eigenvalue weighted by atomic mass is 10.0. The molecule has 0 unspecified atom stereocenters. The lowest BCUT2D eigenvalue weighted by Crippen LogP contribution is -1.87. The van der Waals surface area contributed by atoms with Crippen molar-refractivity contribution in [3.63, 3.8) is 0 Å². The van der Waals surface area contributed by atoms with Crippen LogP contribution in [0.1, 0.15) is 50.2 Å². The van der Waals surface area contributed by atoms with Crippen LogP contribution < -0.4 is 0 Å². The molecule has 0 saturated heterocycles. The topological polar surface area (TPSA) is 20.2 Å². The van der Waals surface area contributed by atoms with Crippen LogP contribution in [0.4, 0.5) is 0 Å². The maximum Gasteiger partial charge on any atom is 0.119 e. The summed E-state index contributed by atoms with van der Waals surface area (Å²) in [6.45, 7) is 4.23. The zero-order chi connectivity index (χ0) is 11.1. The Hall–Kier alpha value is -0.980. The molecule has 0 radical (unpaired) electrons. The molecule has 0 atom stereocenters. The Bertz CT molecular complexity index is 291. The first-order chi connectivity index (χ1) is 7.24. The number of rotatable bonds is 6. The number of hydrogen-bond acceptors (Lipinski definition) is 1. The molecule has 0 heterocycles. The highest BCUT2D eigenvalue weighted by molar-refractivity contribution is 5.35. The SMILES string of the molecule is CCCCCCCc1ccc(C)cc1O. The van der Waals surface area contributed by atoms with Gasteiger partial charge in [-0.15, -0.1) is 0 Å². The van der Waals surface area contributed by atoms with Gasteiger partial charge in [-0.25, -0.2) is 0 Å². The van der Waals surface area contributed by atoms with Crippen molar-refractivity contribution in [1.29, 1.82) is 0 Å². The molecule has 1 N–H and O–H groups in total. The summed E-state index contributed by atoms with van der Waals surface area (Å²) in [5.41, 5.74) is 2.22. The summed E-state index contributed by atoms with van der Waals surface area (Å²) >= 11 is 0. The van der Waals surface area contributed by atoms with Gasteiger partial charge in [-0.2, -0.15) is 0 Å². The van der Waals surface area contributed by atoms with E-state index in [0.29, 0.717) is 5.75 Å². The van der Waals surface area contributed by atoms with Crippen LogP contribution in [0.25, 0.3) is 0 Å². The van der Waals surface area contributed by atoms with Crippen LogP contribution in [-0.2, 0) is 6.42 Å². The highest BCUT2D eigenvalue weighted by atomic mass is 16.3. The van der Waals surface area contributed by atoms with E-state index >= 15 is 0 Å². The summed E-state index contributed by atoms with van der Waals surface area (Å²) < 4.78 is 0. The molecule has 1 nitrogen and oxygen atoms in total. The first kappa shape index (κ1) is 12.1. The van der Waals surface area contributed by atoms with Gasteiger partial charge < -0.3 is 5.11 Å². The second-order valence-corrected chi connectivity index (χ2v) is 4.30. The van der Waals surface area contributed by atoms with Crippen molar-refractivity contribution < 1.29 is 5.11 Å². The number of unbranched alkanes of at least 4 members (excludes halogenated alkanes) is 4.